The number of hydrogen-bond donors (Lipinski definition) is 1. The number of amides is 2. The Morgan fingerprint density at radius 3 is 2.86 bits per heavy atom. The number of hydrogen-bond acceptors (Lipinski definition) is 4. The summed E-state index contributed by atoms with van der Waals surface area (Å²) in [4.78, 5) is 14.1. The van der Waals surface area contributed by atoms with Crippen molar-refractivity contribution >= 4 is 11.7 Å². The topological polar surface area (TPSA) is 67.4 Å². The molecule has 6 heteroatoms. The fraction of sp³-hybridized carbons (Fsp3) is 0.312. The first kappa shape index (κ1) is 14.3. The van der Waals surface area contributed by atoms with Crippen LogP contribution in [0, 0.1) is 0 Å². The number of piperidine rings is 1. The van der Waals surface area contributed by atoms with Crippen LogP contribution in [0.1, 0.15) is 12.8 Å². The molecule has 0 bridgehead atoms. The van der Waals surface area contributed by atoms with Gasteiger partial charge in [-0.25, -0.2) is 4.79 Å². The molecular formula is C16H18N4O2. The van der Waals surface area contributed by atoms with E-state index in [1.54, 1.807) is 23.2 Å². The number of ether oxygens (including phenoxy) is 1. The molecule has 0 saturated carbocycles. The van der Waals surface area contributed by atoms with E-state index in [1.807, 2.05) is 30.3 Å². The van der Waals surface area contributed by atoms with Gasteiger partial charge in [-0.15, -0.1) is 5.10 Å². The molecule has 0 spiro atoms. The summed E-state index contributed by atoms with van der Waals surface area (Å²) in [5.41, 5.74) is 0.796. The predicted octanol–water partition coefficient (Wildman–Crippen LogP) is 2.55. The molecule has 114 valence electrons. The highest BCUT2D eigenvalue weighted by Crippen LogP contribution is 2.17. The van der Waals surface area contributed by atoms with Gasteiger partial charge < -0.3 is 15.0 Å². The van der Waals surface area contributed by atoms with E-state index in [1.165, 1.54) is 0 Å². The summed E-state index contributed by atoms with van der Waals surface area (Å²) in [5.74, 6) is 0.498. The summed E-state index contributed by atoms with van der Waals surface area (Å²) in [6.45, 7) is 1.29. The third-order valence-electron chi connectivity index (χ3n) is 3.53. The smallest absolute Gasteiger partial charge is 0.321 e. The van der Waals surface area contributed by atoms with Gasteiger partial charge in [0, 0.05) is 24.5 Å². The Labute approximate surface area is 129 Å². The molecule has 1 saturated heterocycles. The fourth-order valence-corrected chi connectivity index (χ4v) is 2.46. The van der Waals surface area contributed by atoms with Crippen molar-refractivity contribution in [2.24, 2.45) is 0 Å². The largest absolute Gasteiger partial charge is 0.471 e. The van der Waals surface area contributed by atoms with E-state index >= 15 is 0 Å². The first-order valence-electron chi connectivity index (χ1n) is 7.36. The van der Waals surface area contributed by atoms with Gasteiger partial charge in [0.2, 0.25) is 5.88 Å². The highest BCUT2D eigenvalue weighted by atomic mass is 16.5. The van der Waals surface area contributed by atoms with Gasteiger partial charge in [-0.05, 0) is 31.0 Å². The predicted molar refractivity (Wildman–Crippen MR) is 82.7 cm³/mol. The van der Waals surface area contributed by atoms with Crippen molar-refractivity contribution in [1.82, 2.24) is 15.1 Å². The molecule has 2 heterocycles. The Kier molecular flexibility index (Phi) is 4.48. The number of aromatic nitrogens is 2. The number of anilines is 1. The maximum atomic E-state index is 12.3. The van der Waals surface area contributed by atoms with Crippen molar-refractivity contribution < 1.29 is 9.53 Å². The zero-order chi connectivity index (χ0) is 15.2. The summed E-state index contributed by atoms with van der Waals surface area (Å²) in [5, 5.41) is 10.6. The van der Waals surface area contributed by atoms with Gasteiger partial charge in [0.05, 0.1) is 6.54 Å². The van der Waals surface area contributed by atoms with E-state index in [9.17, 15) is 4.79 Å². The van der Waals surface area contributed by atoms with Crippen LogP contribution in [-0.4, -0.2) is 40.3 Å². The Morgan fingerprint density at radius 2 is 2.09 bits per heavy atom. The molecule has 1 fully saturated rings. The van der Waals surface area contributed by atoms with E-state index < -0.39 is 0 Å². The lowest BCUT2D eigenvalue weighted by Gasteiger charge is -2.32. The molecule has 1 aromatic heterocycles. The maximum Gasteiger partial charge on any atom is 0.321 e. The summed E-state index contributed by atoms with van der Waals surface area (Å²) in [6, 6.07) is 12.9. The summed E-state index contributed by atoms with van der Waals surface area (Å²) in [7, 11) is 0. The van der Waals surface area contributed by atoms with Crippen molar-refractivity contribution in [3.63, 3.8) is 0 Å². The molecule has 1 aromatic carbocycles. The molecule has 1 N–H and O–H groups in total. The van der Waals surface area contributed by atoms with Crippen LogP contribution in [-0.2, 0) is 0 Å². The van der Waals surface area contributed by atoms with E-state index in [2.05, 4.69) is 15.5 Å². The molecule has 1 atom stereocenters. The standard InChI is InChI=1S/C16H18N4O2/c21-16(18-13-6-2-1-3-7-13)20-11-5-8-14(12-20)22-15-9-4-10-17-19-15/h1-4,6-7,9-10,14H,5,8,11-12H2,(H,18,21). The van der Waals surface area contributed by atoms with Gasteiger partial charge >= 0.3 is 6.03 Å². The zero-order valence-electron chi connectivity index (χ0n) is 12.2. The van der Waals surface area contributed by atoms with Crippen LogP contribution < -0.4 is 10.1 Å². The van der Waals surface area contributed by atoms with E-state index in [4.69, 9.17) is 4.74 Å². The van der Waals surface area contributed by atoms with Gasteiger partial charge in [-0.1, -0.05) is 18.2 Å². The zero-order valence-corrected chi connectivity index (χ0v) is 12.2. The molecule has 22 heavy (non-hydrogen) atoms. The van der Waals surface area contributed by atoms with Gasteiger partial charge in [0.15, 0.2) is 0 Å². The lowest BCUT2D eigenvalue weighted by molar-refractivity contribution is 0.102. The molecule has 3 rings (SSSR count). The minimum Gasteiger partial charge on any atom is -0.471 e. The van der Waals surface area contributed by atoms with Gasteiger partial charge in [0.1, 0.15) is 6.10 Å². The number of nitrogens with one attached hydrogen (secondary N) is 1. The number of para-hydroxylation sites is 1. The van der Waals surface area contributed by atoms with Crippen molar-refractivity contribution in [1.29, 1.82) is 0 Å². The number of carbonyl (C=O) groups excluding carboxylic acids is 1. The molecular weight excluding hydrogens is 280 g/mol. The number of benzene rings is 1. The Hall–Kier alpha value is -2.63. The van der Waals surface area contributed by atoms with Crippen LogP contribution in [0.15, 0.2) is 48.7 Å². The third kappa shape index (κ3) is 3.72. The molecule has 0 radical (unpaired) electrons. The second-order valence-electron chi connectivity index (χ2n) is 5.19. The SMILES string of the molecule is O=C(Nc1ccccc1)N1CCCC(Oc2cccnn2)C1. The highest BCUT2D eigenvalue weighted by Gasteiger charge is 2.25. The normalized spacial score (nSPS) is 17.8. The minimum absolute atomic E-state index is 0.0491. The lowest BCUT2D eigenvalue weighted by atomic mass is 10.1. The Balaban J connectivity index is 1.57. The molecule has 6 nitrogen and oxygen atoms in total. The Morgan fingerprint density at radius 1 is 1.23 bits per heavy atom. The van der Waals surface area contributed by atoms with Crippen LogP contribution in [0.5, 0.6) is 5.88 Å². The third-order valence-corrected chi connectivity index (χ3v) is 3.53. The van der Waals surface area contributed by atoms with Gasteiger partial charge in [0.25, 0.3) is 0 Å². The van der Waals surface area contributed by atoms with Crippen LogP contribution in [0.4, 0.5) is 10.5 Å². The average Bonchev–Trinajstić information content (AvgIpc) is 2.57. The van der Waals surface area contributed by atoms with Crippen LogP contribution in [0.25, 0.3) is 0 Å². The average molecular weight is 298 g/mol. The summed E-state index contributed by atoms with van der Waals surface area (Å²) in [6.07, 6.45) is 3.37. The molecule has 2 aromatic rings. The molecule has 1 aliphatic heterocycles. The maximum absolute atomic E-state index is 12.3. The van der Waals surface area contributed by atoms with Crippen LogP contribution >= 0.6 is 0 Å². The van der Waals surface area contributed by atoms with Crippen LogP contribution in [0.3, 0.4) is 0 Å². The number of rotatable bonds is 3. The van der Waals surface area contributed by atoms with E-state index in [-0.39, 0.29) is 12.1 Å². The number of urea groups is 1. The second kappa shape index (κ2) is 6.89. The van der Waals surface area contributed by atoms with Gasteiger partial charge in [-0.3, -0.25) is 0 Å². The van der Waals surface area contributed by atoms with Crippen molar-refractivity contribution in [3.8, 4) is 5.88 Å². The van der Waals surface area contributed by atoms with E-state index in [0.29, 0.717) is 12.4 Å². The first-order chi connectivity index (χ1) is 10.8. The summed E-state index contributed by atoms with van der Waals surface area (Å²) >= 11 is 0. The molecule has 1 unspecified atom stereocenters. The monoisotopic (exact) mass is 298 g/mol. The summed E-state index contributed by atoms with van der Waals surface area (Å²) < 4.78 is 5.79. The fourth-order valence-electron chi connectivity index (χ4n) is 2.46. The quantitative estimate of drug-likeness (QED) is 0.945. The number of likely N-dealkylation sites (tertiary alicyclic amines) is 1. The Bertz CT molecular complexity index is 606. The molecule has 0 aliphatic carbocycles. The first-order valence-corrected chi connectivity index (χ1v) is 7.36. The van der Waals surface area contributed by atoms with Crippen molar-refractivity contribution in [2.75, 3.05) is 18.4 Å². The number of carbonyl (C=O) groups is 1. The minimum atomic E-state index is -0.0985. The molecule has 1 aliphatic rings. The van der Waals surface area contributed by atoms with E-state index in [0.717, 1.165) is 25.1 Å². The van der Waals surface area contributed by atoms with Crippen molar-refractivity contribution in [2.45, 2.75) is 18.9 Å². The van der Waals surface area contributed by atoms with Crippen LogP contribution in [0.2, 0.25) is 0 Å². The highest BCUT2D eigenvalue weighted by molar-refractivity contribution is 5.89. The van der Waals surface area contributed by atoms with Crippen molar-refractivity contribution in [3.05, 3.63) is 48.7 Å². The number of nitrogens with zero attached hydrogens (tertiary/aromatic N) is 3. The second-order valence-corrected chi connectivity index (χ2v) is 5.19. The lowest BCUT2D eigenvalue weighted by Crippen LogP contribution is -2.46. The van der Waals surface area contributed by atoms with Gasteiger partial charge in [-0.2, -0.15) is 5.10 Å². The molecule has 2 amide bonds.